The van der Waals surface area contributed by atoms with E-state index in [1.807, 2.05) is 68.4 Å². The number of amides is 2. The van der Waals surface area contributed by atoms with Gasteiger partial charge in [0.15, 0.2) is 0 Å². The van der Waals surface area contributed by atoms with Crippen molar-refractivity contribution in [2.24, 2.45) is 11.7 Å². The average Bonchev–Trinajstić information content (AvgIpc) is 2.60. The lowest BCUT2D eigenvalue weighted by Gasteiger charge is -2.16. The van der Waals surface area contributed by atoms with Gasteiger partial charge in [-0.15, -0.1) is 0 Å². The zero-order valence-corrected chi connectivity index (χ0v) is 14.0. The summed E-state index contributed by atoms with van der Waals surface area (Å²) in [6, 6.07) is 16.7. The van der Waals surface area contributed by atoms with Crippen molar-refractivity contribution >= 4 is 17.5 Å². The monoisotopic (exact) mass is 325 g/mol. The van der Waals surface area contributed by atoms with E-state index in [0.717, 1.165) is 11.1 Å². The molecule has 2 aromatic carbocycles. The number of carbonyl (C=O) groups excluding carboxylic acids is 2. The number of carbonyl (C=O) groups is 2. The van der Waals surface area contributed by atoms with Gasteiger partial charge in [0.25, 0.3) is 0 Å². The van der Waals surface area contributed by atoms with Gasteiger partial charge in [-0.1, -0.05) is 62.4 Å². The summed E-state index contributed by atoms with van der Waals surface area (Å²) >= 11 is 0. The van der Waals surface area contributed by atoms with Crippen molar-refractivity contribution in [3.8, 4) is 11.1 Å². The highest BCUT2D eigenvalue weighted by molar-refractivity contribution is 5.98. The number of benzene rings is 2. The molecule has 0 radical (unpaired) electrons. The molecule has 2 aromatic rings. The number of nitrogens with one attached hydrogen (secondary N) is 2. The number of anilines is 1. The molecule has 5 heteroatoms. The number of hydrogen-bond acceptors (Lipinski definition) is 3. The van der Waals surface area contributed by atoms with Gasteiger partial charge in [0.05, 0.1) is 12.6 Å². The molecule has 0 aliphatic carbocycles. The van der Waals surface area contributed by atoms with Gasteiger partial charge in [0, 0.05) is 11.3 Å². The minimum atomic E-state index is -0.616. The maximum absolute atomic E-state index is 12.1. The van der Waals surface area contributed by atoms with Crippen LogP contribution in [0, 0.1) is 5.92 Å². The van der Waals surface area contributed by atoms with Crippen LogP contribution in [0.2, 0.25) is 0 Å². The summed E-state index contributed by atoms with van der Waals surface area (Å²) in [5.41, 5.74) is 8.40. The van der Waals surface area contributed by atoms with Crippen molar-refractivity contribution in [3.05, 3.63) is 54.6 Å². The van der Waals surface area contributed by atoms with Crippen LogP contribution in [0.1, 0.15) is 13.8 Å². The lowest BCUT2D eigenvalue weighted by atomic mass is 10.0. The second-order valence-corrected chi connectivity index (χ2v) is 5.95. The Morgan fingerprint density at radius 1 is 1.00 bits per heavy atom. The second kappa shape index (κ2) is 8.26. The third-order valence-electron chi connectivity index (χ3n) is 3.73. The third-order valence-corrected chi connectivity index (χ3v) is 3.73. The summed E-state index contributed by atoms with van der Waals surface area (Å²) in [7, 11) is 0. The normalized spacial score (nSPS) is 11.8. The van der Waals surface area contributed by atoms with E-state index in [4.69, 9.17) is 5.73 Å². The highest BCUT2D eigenvalue weighted by atomic mass is 16.2. The molecular weight excluding hydrogens is 302 g/mol. The first-order chi connectivity index (χ1) is 11.5. The fraction of sp³-hybridized carbons (Fsp3) is 0.263. The number of para-hydroxylation sites is 1. The molecule has 4 N–H and O–H groups in total. The van der Waals surface area contributed by atoms with E-state index in [0.29, 0.717) is 5.69 Å². The van der Waals surface area contributed by atoms with E-state index in [2.05, 4.69) is 10.6 Å². The van der Waals surface area contributed by atoms with Crippen LogP contribution in [0.25, 0.3) is 11.1 Å². The molecule has 1 atom stereocenters. The molecule has 2 rings (SSSR count). The Morgan fingerprint density at radius 3 is 2.29 bits per heavy atom. The van der Waals surface area contributed by atoms with E-state index in [1.54, 1.807) is 0 Å². The summed E-state index contributed by atoms with van der Waals surface area (Å²) in [5, 5.41) is 5.41. The van der Waals surface area contributed by atoms with Crippen molar-refractivity contribution in [3.63, 3.8) is 0 Å². The largest absolute Gasteiger partial charge is 0.346 e. The Labute approximate surface area is 142 Å². The van der Waals surface area contributed by atoms with Gasteiger partial charge in [-0.05, 0) is 17.5 Å². The smallest absolute Gasteiger partial charge is 0.243 e. The molecule has 0 fully saturated rings. The van der Waals surface area contributed by atoms with E-state index in [-0.39, 0.29) is 24.3 Å². The Hall–Kier alpha value is -2.66. The van der Waals surface area contributed by atoms with Crippen LogP contribution in [0.4, 0.5) is 5.69 Å². The van der Waals surface area contributed by atoms with Gasteiger partial charge in [-0.2, -0.15) is 0 Å². The van der Waals surface area contributed by atoms with Crippen molar-refractivity contribution in [1.29, 1.82) is 0 Å². The molecule has 0 spiro atoms. The summed E-state index contributed by atoms with van der Waals surface area (Å²) in [4.78, 5) is 23.9. The first kappa shape index (κ1) is 17.7. The van der Waals surface area contributed by atoms with Gasteiger partial charge < -0.3 is 16.4 Å². The van der Waals surface area contributed by atoms with Crippen LogP contribution < -0.4 is 16.4 Å². The van der Waals surface area contributed by atoms with Crippen molar-refractivity contribution < 1.29 is 9.59 Å². The first-order valence-electron chi connectivity index (χ1n) is 7.96. The van der Waals surface area contributed by atoms with E-state index >= 15 is 0 Å². The molecule has 0 saturated heterocycles. The fourth-order valence-electron chi connectivity index (χ4n) is 2.24. The highest BCUT2D eigenvalue weighted by Crippen LogP contribution is 2.27. The molecule has 0 aliphatic heterocycles. The average molecular weight is 325 g/mol. The summed E-state index contributed by atoms with van der Waals surface area (Å²) in [6.07, 6.45) is 0. The summed E-state index contributed by atoms with van der Waals surface area (Å²) < 4.78 is 0. The van der Waals surface area contributed by atoms with Crippen molar-refractivity contribution in [2.45, 2.75) is 19.9 Å². The van der Waals surface area contributed by atoms with Crippen LogP contribution in [-0.2, 0) is 9.59 Å². The highest BCUT2D eigenvalue weighted by Gasteiger charge is 2.17. The van der Waals surface area contributed by atoms with Crippen LogP contribution >= 0.6 is 0 Å². The molecule has 2 amide bonds. The van der Waals surface area contributed by atoms with Crippen LogP contribution in [0.5, 0.6) is 0 Å². The minimum absolute atomic E-state index is 0.0202. The zero-order chi connectivity index (χ0) is 17.5. The molecule has 0 aliphatic rings. The molecular formula is C19H23N3O2. The van der Waals surface area contributed by atoms with Crippen LogP contribution in [0.15, 0.2) is 54.6 Å². The minimum Gasteiger partial charge on any atom is -0.346 e. The van der Waals surface area contributed by atoms with E-state index in [9.17, 15) is 9.59 Å². The van der Waals surface area contributed by atoms with Gasteiger partial charge in [-0.25, -0.2) is 0 Å². The molecule has 0 unspecified atom stereocenters. The van der Waals surface area contributed by atoms with Crippen LogP contribution in [-0.4, -0.2) is 24.4 Å². The lowest BCUT2D eigenvalue weighted by molar-refractivity contribution is -0.125. The number of nitrogens with two attached hydrogens (primary N) is 1. The molecule has 24 heavy (non-hydrogen) atoms. The zero-order valence-electron chi connectivity index (χ0n) is 14.0. The summed E-state index contributed by atoms with van der Waals surface area (Å²) in [5.74, 6) is -0.592. The fourth-order valence-corrected chi connectivity index (χ4v) is 2.24. The Bertz CT molecular complexity index is 699. The Balaban J connectivity index is 2.02. The molecule has 0 aromatic heterocycles. The number of rotatable bonds is 6. The summed E-state index contributed by atoms with van der Waals surface area (Å²) in [6.45, 7) is 3.61. The Kier molecular flexibility index (Phi) is 6.09. The molecule has 0 saturated carbocycles. The van der Waals surface area contributed by atoms with Gasteiger partial charge in [-0.3, -0.25) is 9.59 Å². The van der Waals surface area contributed by atoms with E-state index in [1.165, 1.54) is 0 Å². The molecule has 0 bridgehead atoms. The lowest BCUT2D eigenvalue weighted by Crippen LogP contribution is -2.46. The van der Waals surface area contributed by atoms with Crippen LogP contribution in [0.3, 0.4) is 0 Å². The van der Waals surface area contributed by atoms with Gasteiger partial charge >= 0.3 is 0 Å². The molecule has 5 nitrogen and oxygen atoms in total. The standard InChI is InChI=1S/C19H23N3O2/c1-13(2)18(20)19(24)21-12-17(23)22-16-11-7-6-10-15(16)14-8-4-3-5-9-14/h3-11,13,18H,12,20H2,1-2H3,(H,21,24)(H,22,23)/t18-/m0/s1. The molecule has 0 heterocycles. The maximum Gasteiger partial charge on any atom is 0.243 e. The van der Waals surface area contributed by atoms with Gasteiger partial charge in [0.2, 0.25) is 11.8 Å². The van der Waals surface area contributed by atoms with Crippen molar-refractivity contribution in [2.75, 3.05) is 11.9 Å². The SMILES string of the molecule is CC(C)[C@H](N)C(=O)NCC(=O)Nc1ccccc1-c1ccccc1. The topological polar surface area (TPSA) is 84.2 Å². The quantitative estimate of drug-likeness (QED) is 0.762. The molecule has 126 valence electrons. The van der Waals surface area contributed by atoms with Gasteiger partial charge in [0.1, 0.15) is 0 Å². The second-order valence-electron chi connectivity index (χ2n) is 5.95. The third kappa shape index (κ3) is 4.67. The predicted molar refractivity (Wildman–Crippen MR) is 96.3 cm³/mol. The first-order valence-corrected chi connectivity index (χ1v) is 7.96. The van der Waals surface area contributed by atoms with E-state index < -0.39 is 6.04 Å². The van der Waals surface area contributed by atoms with Crippen molar-refractivity contribution in [1.82, 2.24) is 5.32 Å². The maximum atomic E-state index is 12.1. The number of hydrogen-bond donors (Lipinski definition) is 3. The Morgan fingerprint density at radius 2 is 1.62 bits per heavy atom. The predicted octanol–water partition coefficient (Wildman–Crippen LogP) is 2.39.